The number of carbonyl (C=O) groups is 1. The van der Waals surface area contributed by atoms with Gasteiger partial charge >= 0.3 is 0 Å². The molecule has 0 spiro atoms. The Hall–Kier alpha value is -0.760. The van der Waals surface area contributed by atoms with Crippen LogP contribution >= 0.6 is 11.8 Å². The zero-order chi connectivity index (χ0) is 12.1. The van der Waals surface area contributed by atoms with Crippen molar-refractivity contribution in [3.63, 3.8) is 0 Å². The topological polar surface area (TPSA) is 17.1 Å². The second-order valence-electron chi connectivity index (χ2n) is 4.41. The van der Waals surface area contributed by atoms with Gasteiger partial charge in [0.1, 0.15) is 0 Å². The van der Waals surface area contributed by atoms with Gasteiger partial charge in [-0.3, -0.25) is 4.79 Å². The van der Waals surface area contributed by atoms with Crippen molar-refractivity contribution in [2.75, 3.05) is 5.75 Å². The first kappa shape index (κ1) is 13.3. The lowest BCUT2D eigenvalue weighted by Crippen LogP contribution is -2.04. The van der Waals surface area contributed by atoms with E-state index in [0.29, 0.717) is 11.7 Å². The van der Waals surface area contributed by atoms with Crippen molar-refractivity contribution in [1.29, 1.82) is 0 Å². The Morgan fingerprint density at radius 1 is 1.31 bits per heavy atom. The van der Waals surface area contributed by atoms with Crippen LogP contribution in [0.3, 0.4) is 0 Å². The number of ketones is 1. The molecule has 16 heavy (non-hydrogen) atoms. The summed E-state index contributed by atoms with van der Waals surface area (Å²) in [6, 6.07) is 6.07. The Bertz CT molecular complexity index is 369. The Kier molecular flexibility index (Phi) is 5.07. The Morgan fingerprint density at radius 3 is 2.62 bits per heavy atom. The zero-order valence-corrected chi connectivity index (χ0v) is 11.4. The molecule has 0 saturated carbocycles. The molecule has 0 amide bonds. The number of carbonyl (C=O) groups excluding carboxylic acids is 1. The molecule has 0 radical (unpaired) electrons. The highest BCUT2D eigenvalue weighted by Crippen LogP contribution is 2.16. The smallest absolute Gasteiger partial charge is 0.163 e. The first-order chi connectivity index (χ1) is 7.50. The van der Waals surface area contributed by atoms with E-state index in [1.54, 1.807) is 0 Å². The molecule has 1 aromatic rings. The Morgan fingerprint density at radius 2 is 2.00 bits per heavy atom. The highest BCUT2D eigenvalue weighted by atomic mass is 32.2. The lowest BCUT2D eigenvalue weighted by atomic mass is 10.0. The van der Waals surface area contributed by atoms with E-state index in [0.717, 1.165) is 22.4 Å². The average Bonchev–Trinajstić information content (AvgIpc) is 2.21. The monoisotopic (exact) mass is 236 g/mol. The second kappa shape index (κ2) is 6.09. The molecule has 0 aliphatic heterocycles. The highest BCUT2D eigenvalue weighted by Gasteiger charge is 2.09. The molecule has 88 valence electrons. The summed E-state index contributed by atoms with van der Waals surface area (Å²) >= 11 is 1.84. The molecule has 0 fully saturated rings. The van der Waals surface area contributed by atoms with Gasteiger partial charge in [0.05, 0.1) is 0 Å². The minimum Gasteiger partial charge on any atom is -0.294 e. The first-order valence-electron chi connectivity index (χ1n) is 5.72. The molecular weight excluding hydrogens is 216 g/mol. The van der Waals surface area contributed by atoms with Crippen molar-refractivity contribution in [2.24, 2.45) is 0 Å². The summed E-state index contributed by atoms with van der Waals surface area (Å²) in [6.45, 7) is 8.35. The summed E-state index contributed by atoms with van der Waals surface area (Å²) in [6.07, 6.45) is 0.646. The molecule has 0 aliphatic carbocycles. The largest absolute Gasteiger partial charge is 0.294 e. The lowest BCUT2D eigenvalue weighted by molar-refractivity contribution is 0.0989. The fraction of sp³-hybridized carbons (Fsp3) is 0.500. The molecule has 0 bridgehead atoms. The lowest BCUT2D eigenvalue weighted by Gasteiger charge is -2.07. The number of hydrogen-bond donors (Lipinski definition) is 0. The van der Waals surface area contributed by atoms with Crippen molar-refractivity contribution in [3.8, 4) is 0 Å². The molecule has 0 atom stereocenters. The summed E-state index contributed by atoms with van der Waals surface area (Å²) in [5.41, 5.74) is 3.14. The van der Waals surface area contributed by atoms with Crippen LogP contribution < -0.4 is 0 Å². The van der Waals surface area contributed by atoms with Crippen LogP contribution in [0.4, 0.5) is 0 Å². The fourth-order valence-electron chi connectivity index (χ4n) is 1.56. The maximum atomic E-state index is 12.0. The Balaban J connectivity index is 2.62. The predicted molar refractivity (Wildman–Crippen MR) is 72.5 cm³/mol. The molecule has 1 aromatic carbocycles. The van der Waals surface area contributed by atoms with E-state index in [2.05, 4.69) is 19.9 Å². The van der Waals surface area contributed by atoms with Gasteiger partial charge in [-0.15, -0.1) is 0 Å². The average molecular weight is 236 g/mol. The molecule has 2 heteroatoms. The van der Waals surface area contributed by atoms with Crippen LogP contribution in [0.1, 0.15) is 41.8 Å². The van der Waals surface area contributed by atoms with Crippen molar-refractivity contribution >= 4 is 17.5 Å². The third-order valence-corrected chi connectivity index (χ3v) is 3.58. The van der Waals surface area contributed by atoms with Gasteiger partial charge < -0.3 is 0 Å². The number of hydrogen-bond acceptors (Lipinski definition) is 2. The van der Waals surface area contributed by atoms with Crippen LogP contribution in [0.5, 0.6) is 0 Å². The van der Waals surface area contributed by atoms with Crippen molar-refractivity contribution < 1.29 is 4.79 Å². The van der Waals surface area contributed by atoms with Crippen LogP contribution in [0.2, 0.25) is 0 Å². The summed E-state index contributed by atoms with van der Waals surface area (Å²) in [7, 11) is 0. The summed E-state index contributed by atoms with van der Waals surface area (Å²) in [5, 5.41) is 0.603. The van der Waals surface area contributed by atoms with E-state index >= 15 is 0 Å². The van der Waals surface area contributed by atoms with Crippen LogP contribution in [0, 0.1) is 13.8 Å². The van der Waals surface area contributed by atoms with E-state index < -0.39 is 0 Å². The number of Topliss-reactive ketones (excluding diaryl/α,β-unsaturated/α-hetero) is 1. The number of rotatable bonds is 5. The van der Waals surface area contributed by atoms with Gasteiger partial charge in [-0.1, -0.05) is 31.5 Å². The van der Waals surface area contributed by atoms with E-state index in [9.17, 15) is 4.79 Å². The normalized spacial score (nSPS) is 10.8. The minimum absolute atomic E-state index is 0.273. The maximum absolute atomic E-state index is 12.0. The molecular formula is C14H20OS. The third kappa shape index (κ3) is 4.01. The standard InChI is InChI=1S/C14H20OS/c1-10(2)16-8-7-14(15)13-9-11(3)5-6-12(13)4/h5-6,9-10H,7-8H2,1-4H3. The molecule has 1 rings (SSSR count). The molecule has 0 N–H and O–H groups in total. The minimum atomic E-state index is 0.273. The van der Waals surface area contributed by atoms with Gasteiger partial charge in [0.2, 0.25) is 0 Å². The van der Waals surface area contributed by atoms with Gasteiger partial charge in [0.15, 0.2) is 5.78 Å². The number of benzene rings is 1. The van der Waals surface area contributed by atoms with Gasteiger partial charge in [0, 0.05) is 17.7 Å². The third-order valence-electron chi connectivity index (χ3n) is 2.47. The molecule has 0 aromatic heterocycles. The van der Waals surface area contributed by atoms with E-state index in [1.807, 2.05) is 37.7 Å². The van der Waals surface area contributed by atoms with E-state index in [1.165, 1.54) is 0 Å². The second-order valence-corrected chi connectivity index (χ2v) is 6.10. The van der Waals surface area contributed by atoms with E-state index in [-0.39, 0.29) is 5.78 Å². The number of aryl methyl sites for hydroxylation is 2. The molecule has 0 unspecified atom stereocenters. The Labute approximate surface area is 103 Å². The van der Waals surface area contributed by atoms with Gasteiger partial charge in [-0.2, -0.15) is 11.8 Å². The van der Waals surface area contributed by atoms with Crippen LogP contribution in [0.15, 0.2) is 18.2 Å². The van der Waals surface area contributed by atoms with Crippen LogP contribution in [-0.4, -0.2) is 16.8 Å². The van der Waals surface area contributed by atoms with Crippen molar-refractivity contribution in [3.05, 3.63) is 34.9 Å². The predicted octanol–water partition coefficient (Wildman–Crippen LogP) is 4.02. The van der Waals surface area contributed by atoms with E-state index in [4.69, 9.17) is 0 Å². The summed E-state index contributed by atoms with van der Waals surface area (Å²) in [4.78, 5) is 12.0. The van der Waals surface area contributed by atoms with Gasteiger partial charge in [-0.05, 0) is 30.7 Å². The SMILES string of the molecule is Cc1ccc(C)c(C(=O)CCSC(C)C)c1. The first-order valence-corrected chi connectivity index (χ1v) is 6.77. The fourth-order valence-corrected chi connectivity index (χ4v) is 2.33. The molecule has 0 saturated heterocycles. The summed E-state index contributed by atoms with van der Waals surface area (Å²) < 4.78 is 0. The molecule has 0 heterocycles. The summed E-state index contributed by atoms with van der Waals surface area (Å²) in [5.74, 6) is 1.19. The maximum Gasteiger partial charge on any atom is 0.163 e. The molecule has 0 aliphatic rings. The molecule has 1 nitrogen and oxygen atoms in total. The quantitative estimate of drug-likeness (QED) is 0.718. The number of thioether (sulfide) groups is 1. The zero-order valence-electron chi connectivity index (χ0n) is 10.5. The van der Waals surface area contributed by atoms with Crippen LogP contribution in [0.25, 0.3) is 0 Å². The van der Waals surface area contributed by atoms with Crippen LogP contribution in [-0.2, 0) is 0 Å². The highest BCUT2D eigenvalue weighted by molar-refractivity contribution is 7.99. The van der Waals surface area contributed by atoms with Gasteiger partial charge in [0.25, 0.3) is 0 Å². The van der Waals surface area contributed by atoms with Crippen molar-refractivity contribution in [1.82, 2.24) is 0 Å². The van der Waals surface area contributed by atoms with Gasteiger partial charge in [-0.25, -0.2) is 0 Å². The van der Waals surface area contributed by atoms with Crippen molar-refractivity contribution in [2.45, 2.75) is 39.4 Å².